The molecule has 0 saturated carbocycles. The molecule has 0 aliphatic heterocycles. The number of hydrogen-bond donors (Lipinski definition) is 0. The molecule has 0 aliphatic carbocycles. The molecular formula is C13H14ClN3OS. The molecule has 1 amide bonds. The van der Waals surface area contributed by atoms with Crippen LogP contribution in [0.3, 0.4) is 0 Å². The summed E-state index contributed by atoms with van der Waals surface area (Å²) in [6, 6.07) is 7.50. The molecule has 6 heteroatoms. The maximum atomic E-state index is 12.3. The summed E-state index contributed by atoms with van der Waals surface area (Å²) < 4.78 is 3.84. The van der Waals surface area contributed by atoms with Crippen LogP contribution in [0.4, 0.5) is 0 Å². The maximum Gasteiger partial charge on any atom is 0.267 e. The fraction of sp³-hybridized carbons (Fsp3) is 0.308. The SMILES string of the molecule is CCc1nnsc1C(=O)N(C)Cc1cccc(Cl)c1. The minimum Gasteiger partial charge on any atom is -0.337 e. The lowest BCUT2D eigenvalue weighted by Crippen LogP contribution is -2.26. The second kappa shape index (κ2) is 6.12. The average molecular weight is 296 g/mol. The molecule has 0 unspecified atom stereocenters. The van der Waals surface area contributed by atoms with Crippen LogP contribution in [-0.2, 0) is 13.0 Å². The number of carbonyl (C=O) groups excluding carboxylic acids is 1. The Kier molecular flexibility index (Phi) is 4.50. The van der Waals surface area contributed by atoms with Gasteiger partial charge in [0.1, 0.15) is 4.88 Å². The zero-order valence-electron chi connectivity index (χ0n) is 10.8. The van der Waals surface area contributed by atoms with E-state index < -0.39 is 0 Å². The fourth-order valence-electron chi connectivity index (χ4n) is 1.76. The van der Waals surface area contributed by atoms with Gasteiger partial charge in [-0.1, -0.05) is 35.1 Å². The van der Waals surface area contributed by atoms with Crippen LogP contribution < -0.4 is 0 Å². The zero-order valence-corrected chi connectivity index (χ0v) is 12.3. The minimum absolute atomic E-state index is 0.0492. The van der Waals surface area contributed by atoms with Crippen LogP contribution in [0.2, 0.25) is 5.02 Å². The largest absolute Gasteiger partial charge is 0.337 e. The maximum absolute atomic E-state index is 12.3. The van der Waals surface area contributed by atoms with Gasteiger partial charge in [0, 0.05) is 18.6 Å². The van der Waals surface area contributed by atoms with E-state index in [4.69, 9.17) is 11.6 Å². The van der Waals surface area contributed by atoms with Gasteiger partial charge < -0.3 is 4.90 Å². The summed E-state index contributed by atoms with van der Waals surface area (Å²) in [5.41, 5.74) is 1.76. The summed E-state index contributed by atoms with van der Waals surface area (Å²) in [5.74, 6) is -0.0492. The molecule has 0 saturated heterocycles. The highest BCUT2D eigenvalue weighted by Gasteiger charge is 2.19. The summed E-state index contributed by atoms with van der Waals surface area (Å²) in [6.07, 6.45) is 0.711. The van der Waals surface area contributed by atoms with Gasteiger partial charge >= 0.3 is 0 Å². The number of benzene rings is 1. The molecule has 0 aliphatic rings. The van der Waals surface area contributed by atoms with Crippen LogP contribution in [0, 0.1) is 0 Å². The van der Waals surface area contributed by atoms with Crippen LogP contribution in [0.15, 0.2) is 24.3 Å². The number of halogens is 1. The molecule has 2 rings (SSSR count). The first-order valence-corrected chi connectivity index (χ1v) is 7.08. The summed E-state index contributed by atoms with van der Waals surface area (Å²) in [7, 11) is 1.77. The molecule has 0 N–H and O–H groups in total. The van der Waals surface area contributed by atoms with Crippen LogP contribution in [0.1, 0.15) is 27.9 Å². The van der Waals surface area contributed by atoms with Crippen molar-refractivity contribution in [2.75, 3.05) is 7.05 Å². The van der Waals surface area contributed by atoms with Crippen molar-refractivity contribution >= 4 is 29.0 Å². The van der Waals surface area contributed by atoms with Gasteiger partial charge in [0.05, 0.1) is 5.69 Å². The van der Waals surface area contributed by atoms with E-state index in [1.54, 1.807) is 11.9 Å². The first kappa shape index (κ1) is 14.0. The van der Waals surface area contributed by atoms with E-state index in [-0.39, 0.29) is 5.91 Å². The molecule has 2 aromatic rings. The summed E-state index contributed by atoms with van der Waals surface area (Å²) in [5, 5.41) is 4.63. The van der Waals surface area contributed by atoms with Gasteiger partial charge in [0.2, 0.25) is 0 Å². The topological polar surface area (TPSA) is 46.1 Å². The fourth-order valence-corrected chi connectivity index (χ4v) is 2.72. The molecule has 1 heterocycles. The van der Waals surface area contributed by atoms with Crippen LogP contribution in [0.25, 0.3) is 0 Å². The predicted molar refractivity (Wildman–Crippen MR) is 76.5 cm³/mol. The lowest BCUT2D eigenvalue weighted by Gasteiger charge is -2.16. The van der Waals surface area contributed by atoms with Crippen LogP contribution >= 0.6 is 23.1 Å². The first-order valence-electron chi connectivity index (χ1n) is 5.93. The first-order chi connectivity index (χ1) is 9.11. The highest BCUT2D eigenvalue weighted by atomic mass is 35.5. The summed E-state index contributed by atoms with van der Waals surface area (Å²) in [6.45, 7) is 2.48. The monoisotopic (exact) mass is 295 g/mol. The highest BCUT2D eigenvalue weighted by molar-refractivity contribution is 7.07. The van der Waals surface area contributed by atoms with Crippen molar-refractivity contribution in [3.63, 3.8) is 0 Å². The van der Waals surface area contributed by atoms with Crippen molar-refractivity contribution in [3.8, 4) is 0 Å². The van der Waals surface area contributed by atoms with E-state index in [0.717, 1.165) is 22.8 Å². The number of aryl methyl sites for hydroxylation is 1. The Morgan fingerprint density at radius 1 is 1.47 bits per heavy atom. The normalized spacial score (nSPS) is 10.5. The molecule has 0 atom stereocenters. The second-order valence-electron chi connectivity index (χ2n) is 4.19. The molecule has 4 nitrogen and oxygen atoms in total. The third-order valence-electron chi connectivity index (χ3n) is 2.74. The Bertz CT molecular complexity index is 585. The van der Waals surface area contributed by atoms with E-state index >= 15 is 0 Å². The molecule has 1 aromatic heterocycles. The van der Waals surface area contributed by atoms with Crippen molar-refractivity contribution in [3.05, 3.63) is 45.4 Å². The van der Waals surface area contributed by atoms with Crippen molar-refractivity contribution in [2.45, 2.75) is 19.9 Å². The lowest BCUT2D eigenvalue weighted by molar-refractivity contribution is 0.0788. The Hall–Kier alpha value is -1.46. The summed E-state index contributed by atoms with van der Waals surface area (Å²) in [4.78, 5) is 14.6. The van der Waals surface area contributed by atoms with Gasteiger partial charge in [-0.2, -0.15) is 0 Å². The molecule has 0 spiro atoms. The Morgan fingerprint density at radius 2 is 2.26 bits per heavy atom. The third kappa shape index (κ3) is 3.30. The predicted octanol–water partition coefficient (Wildman–Crippen LogP) is 3.03. The van der Waals surface area contributed by atoms with Crippen molar-refractivity contribution in [1.82, 2.24) is 14.5 Å². The summed E-state index contributed by atoms with van der Waals surface area (Å²) >= 11 is 7.08. The van der Waals surface area contributed by atoms with Gasteiger partial charge in [-0.25, -0.2) is 0 Å². The second-order valence-corrected chi connectivity index (χ2v) is 5.38. The molecule has 0 bridgehead atoms. The lowest BCUT2D eigenvalue weighted by atomic mass is 10.2. The molecule has 1 aromatic carbocycles. The quantitative estimate of drug-likeness (QED) is 0.871. The zero-order chi connectivity index (χ0) is 13.8. The Balaban J connectivity index is 2.12. The minimum atomic E-state index is -0.0492. The highest BCUT2D eigenvalue weighted by Crippen LogP contribution is 2.16. The number of carbonyl (C=O) groups is 1. The molecule has 0 fully saturated rings. The van der Waals surface area contributed by atoms with Gasteiger partial charge in [0.25, 0.3) is 5.91 Å². The Morgan fingerprint density at radius 3 is 2.95 bits per heavy atom. The number of aromatic nitrogens is 2. The molecule has 0 radical (unpaired) electrons. The van der Waals surface area contributed by atoms with E-state index in [9.17, 15) is 4.79 Å². The van der Waals surface area contributed by atoms with Crippen molar-refractivity contribution < 1.29 is 4.79 Å². The van der Waals surface area contributed by atoms with E-state index in [1.807, 2.05) is 31.2 Å². The van der Waals surface area contributed by atoms with Crippen molar-refractivity contribution in [1.29, 1.82) is 0 Å². The smallest absolute Gasteiger partial charge is 0.267 e. The molecular weight excluding hydrogens is 282 g/mol. The van der Waals surface area contributed by atoms with Crippen molar-refractivity contribution in [2.24, 2.45) is 0 Å². The number of nitrogens with zero attached hydrogens (tertiary/aromatic N) is 3. The molecule has 100 valence electrons. The van der Waals surface area contributed by atoms with Gasteiger partial charge in [-0.05, 0) is 35.6 Å². The number of hydrogen-bond acceptors (Lipinski definition) is 4. The Labute approximate surface area is 121 Å². The van der Waals surface area contributed by atoms with E-state index in [0.29, 0.717) is 22.9 Å². The van der Waals surface area contributed by atoms with Crippen LogP contribution in [-0.4, -0.2) is 27.4 Å². The standard InChI is InChI=1S/C13H14ClN3OS/c1-3-11-12(19-16-15-11)13(18)17(2)8-9-5-4-6-10(14)7-9/h4-7H,3,8H2,1-2H3. The van der Waals surface area contributed by atoms with Gasteiger partial charge in [-0.15, -0.1) is 5.10 Å². The van der Waals surface area contributed by atoms with E-state index in [1.165, 1.54) is 0 Å². The van der Waals surface area contributed by atoms with Gasteiger partial charge in [-0.3, -0.25) is 4.79 Å². The van der Waals surface area contributed by atoms with E-state index in [2.05, 4.69) is 9.59 Å². The molecule has 19 heavy (non-hydrogen) atoms. The average Bonchev–Trinajstić information content (AvgIpc) is 2.86. The number of rotatable bonds is 4. The third-order valence-corrected chi connectivity index (χ3v) is 3.73. The number of amides is 1. The van der Waals surface area contributed by atoms with Crippen LogP contribution in [0.5, 0.6) is 0 Å². The van der Waals surface area contributed by atoms with Gasteiger partial charge in [0.15, 0.2) is 0 Å².